The maximum absolute atomic E-state index is 12.8. The predicted molar refractivity (Wildman–Crippen MR) is 98.6 cm³/mol. The molecule has 0 radical (unpaired) electrons. The van der Waals surface area contributed by atoms with Crippen molar-refractivity contribution in [1.82, 2.24) is 4.90 Å². The Labute approximate surface area is 152 Å². The van der Waals surface area contributed by atoms with E-state index >= 15 is 0 Å². The van der Waals surface area contributed by atoms with Crippen molar-refractivity contribution in [2.45, 2.75) is 33.9 Å². The van der Waals surface area contributed by atoms with Gasteiger partial charge in [0.1, 0.15) is 5.75 Å². The second kappa shape index (κ2) is 8.56. The summed E-state index contributed by atoms with van der Waals surface area (Å²) in [6.45, 7) is 2.83. The normalized spacial score (nSPS) is 11.2. The molecule has 6 heteroatoms. The monoisotopic (exact) mass is 360 g/mol. The highest BCUT2D eigenvalue weighted by molar-refractivity contribution is 5.96. The second-order valence-corrected chi connectivity index (χ2v) is 5.99. The van der Waals surface area contributed by atoms with Crippen molar-refractivity contribution in [2.75, 3.05) is 7.05 Å². The number of hydrogen-bond acceptors (Lipinski definition) is 3. The summed E-state index contributed by atoms with van der Waals surface area (Å²) in [4.78, 5) is 18.6. The number of rotatable bonds is 6. The van der Waals surface area contributed by atoms with E-state index in [2.05, 4.69) is 9.73 Å². The first kappa shape index (κ1) is 19.6. The van der Waals surface area contributed by atoms with Gasteiger partial charge in [0, 0.05) is 30.9 Å². The Hall–Kier alpha value is -2.76. The van der Waals surface area contributed by atoms with Gasteiger partial charge in [0.15, 0.2) is 0 Å². The van der Waals surface area contributed by atoms with Crippen molar-refractivity contribution in [3.63, 3.8) is 0 Å². The Morgan fingerprint density at radius 1 is 1.23 bits per heavy atom. The lowest BCUT2D eigenvalue weighted by Gasteiger charge is -2.21. The van der Waals surface area contributed by atoms with Gasteiger partial charge in [0.2, 0.25) is 0 Å². The van der Waals surface area contributed by atoms with Crippen molar-refractivity contribution in [3.8, 4) is 5.75 Å². The maximum Gasteiger partial charge on any atom is 0.387 e. The van der Waals surface area contributed by atoms with Gasteiger partial charge in [-0.3, -0.25) is 9.79 Å². The molecular formula is C20H22F2N2O2. The third-order valence-electron chi connectivity index (χ3n) is 3.98. The number of ether oxygens (including phenoxy) is 1. The lowest BCUT2D eigenvalue weighted by atomic mass is 10.0. The molecule has 26 heavy (non-hydrogen) atoms. The van der Waals surface area contributed by atoms with E-state index in [0.29, 0.717) is 11.1 Å². The lowest BCUT2D eigenvalue weighted by molar-refractivity contribution is -0.0506. The Balaban J connectivity index is 2.25. The van der Waals surface area contributed by atoms with Crippen LogP contribution in [0.1, 0.15) is 34.0 Å². The lowest BCUT2D eigenvalue weighted by Crippen LogP contribution is -2.27. The summed E-state index contributed by atoms with van der Waals surface area (Å²) >= 11 is 0. The minimum absolute atomic E-state index is 0.0719. The second-order valence-electron chi connectivity index (χ2n) is 5.99. The van der Waals surface area contributed by atoms with Crippen molar-refractivity contribution in [3.05, 3.63) is 58.7 Å². The molecule has 0 fully saturated rings. The van der Waals surface area contributed by atoms with Gasteiger partial charge in [0.05, 0.1) is 5.69 Å². The van der Waals surface area contributed by atoms with Crippen LogP contribution in [0.15, 0.2) is 41.4 Å². The summed E-state index contributed by atoms with van der Waals surface area (Å²) in [6, 6.07) is 10.1. The first-order valence-electron chi connectivity index (χ1n) is 8.21. The highest BCUT2D eigenvalue weighted by Gasteiger charge is 2.18. The summed E-state index contributed by atoms with van der Waals surface area (Å²) in [5.74, 6) is -0.118. The van der Waals surface area contributed by atoms with Gasteiger partial charge in [-0.15, -0.1) is 0 Å². The summed E-state index contributed by atoms with van der Waals surface area (Å²) in [6.07, 6.45) is 1.70. The third kappa shape index (κ3) is 4.65. The van der Waals surface area contributed by atoms with Gasteiger partial charge in [0.25, 0.3) is 5.91 Å². The van der Waals surface area contributed by atoms with Gasteiger partial charge in [-0.1, -0.05) is 18.2 Å². The van der Waals surface area contributed by atoms with E-state index in [1.165, 1.54) is 11.0 Å². The molecule has 0 aromatic heterocycles. The molecule has 0 N–H and O–H groups in total. The minimum Gasteiger partial charge on any atom is -0.434 e. The standard InChI is InChI=1S/C20H22F2N2O2/c1-5-23-17-11-13(2)16(10-14(17)3)19(25)24(4)12-15-8-6-7-9-18(15)26-20(21)22/h5-11,20H,12H2,1-4H3. The quantitative estimate of drug-likeness (QED) is 0.688. The van der Waals surface area contributed by atoms with Crippen LogP contribution >= 0.6 is 0 Å². The largest absolute Gasteiger partial charge is 0.434 e. The van der Waals surface area contributed by atoms with Crippen molar-refractivity contribution in [1.29, 1.82) is 0 Å². The Bertz CT molecular complexity index is 819. The molecule has 0 bridgehead atoms. The van der Waals surface area contributed by atoms with E-state index in [0.717, 1.165) is 16.8 Å². The number of aliphatic imine (C=N–C) groups is 1. The summed E-state index contributed by atoms with van der Waals surface area (Å²) in [5.41, 5.74) is 3.61. The first-order chi connectivity index (χ1) is 12.3. The van der Waals surface area contributed by atoms with Gasteiger partial charge in [-0.05, 0) is 50.1 Å². The molecule has 0 atom stereocenters. The predicted octanol–water partition coefficient (Wildman–Crippen LogP) is 4.90. The van der Waals surface area contributed by atoms with Crippen LogP contribution in [0.25, 0.3) is 0 Å². The molecule has 2 aromatic carbocycles. The molecule has 0 saturated carbocycles. The van der Waals surface area contributed by atoms with Crippen LogP contribution in [0.2, 0.25) is 0 Å². The number of carbonyl (C=O) groups excluding carboxylic acids is 1. The van der Waals surface area contributed by atoms with E-state index < -0.39 is 6.61 Å². The summed E-state index contributed by atoms with van der Waals surface area (Å²) in [5, 5.41) is 0. The van der Waals surface area contributed by atoms with Crippen LogP contribution < -0.4 is 4.74 Å². The SMILES string of the molecule is CC=Nc1cc(C)c(C(=O)N(C)Cc2ccccc2OC(F)F)cc1C. The fourth-order valence-corrected chi connectivity index (χ4v) is 2.69. The number of alkyl halides is 2. The molecule has 138 valence electrons. The zero-order valence-electron chi connectivity index (χ0n) is 15.3. The van der Waals surface area contributed by atoms with Crippen molar-refractivity contribution >= 4 is 17.8 Å². The van der Waals surface area contributed by atoms with Gasteiger partial charge < -0.3 is 9.64 Å². The topological polar surface area (TPSA) is 41.9 Å². The number of hydrogen-bond donors (Lipinski definition) is 0. The fourth-order valence-electron chi connectivity index (χ4n) is 2.69. The molecule has 0 heterocycles. The number of halogens is 2. The van der Waals surface area contributed by atoms with Crippen LogP contribution in [-0.2, 0) is 6.54 Å². The molecule has 2 aromatic rings. The highest BCUT2D eigenvalue weighted by Crippen LogP contribution is 2.26. The Morgan fingerprint density at radius 2 is 1.92 bits per heavy atom. The molecule has 0 aliphatic carbocycles. The van der Waals surface area contributed by atoms with E-state index in [-0.39, 0.29) is 18.2 Å². The zero-order valence-corrected chi connectivity index (χ0v) is 15.3. The van der Waals surface area contributed by atoms with Crippen molar-refractivity contribution in [2.24, 2.45) is 4.99 Å². The van der Waals surface area contributed by atoms with Crippen LogP contribution in [0.5, 0.6) is 5.75 Å². The minimum atomic E-state index is -2.91. The zero-order chi connectivity index (χ0) is 19.3. The molecular weight excluding hydrogens is 338 g/mol. The molecule has 2 rings (SSSR count). The van der Waals surface area contributed by atoms with Crippen molar-refractivity contribution < 1.29 is 18.3 Å². The third-order valence-corrected chi connectivity index (χ3v) is 3.98. The molecule has 0 aliphatic heterocycles. The molecule has 0 saturated heterocycles. The molecule has 0 unspecified atom stereocenters. The van der Waals surface area contributed by atoms with Crippen LogP contribution in [0.3, 0.4) is 0 Å². The van der Waals surface area contributed by atoms with Crippen LogP contribution in [-0.4, -0.2) is 30.7 Å². The summed E-state index contributed by atoms with van der Waals surface area (Å²) in [7, 11) is 1.63. The van der Waals surface area contributed by atoms with E-state index in [1.54, 1.807) is 37.5 Å². The van der Waals surface area contributed by atoms with Gasteiger partial charge in [-0.2, -0.15) is 8.78 Å². The number of nitrogens with zero attached hydrogens (tertiary/aromatic N) is 2. The van der Waals surface area contributed by atoms with E-state index in [1.807, 2.05) is 26.8 Å². The highest BCUT2D eigenvalue weighted by atomic mass is 19.3. The number of carbonyl (C=O) groups is 1. The number of benzene rings is 2. The van der Waals surface area contributed by atoms with E-state index in [9.17, 15) is 13.6 Å². The Morgan fingerprint density at radius 3 is 2.58 bits per heavy atom. The first-order valence-corrected chi connectivity index (χ1v) is 8.21. The average Bonchev–Trinajstić information content (AvgIpc) is 2.58. The van der Waals surface area contributed by atoms with Crippen LogP contribution in [0.4, 0.5) is 14.5 Å². The van der Waals surface area contributed by atoms with Gasteiger partial charge in [-0.25, -0.2) is 0 Å². The average molecular weight is 360 g/mol. The van der Waals surface area contributed by atoms with Crippen LogP contribution in [0, 0.1) is 13.8 Å². The fraction of sp³-hybridized carbons (Fsp3) is 0.300. The van der Waals surface area contributed by atoms with E-state index in [4.69, 9.17) is 0 Å². The maximum atomic E-state index is 12.8. The molecule has 0 spiro atoms. The molecule has 0 aliphatic rings. The molecule has 4 nitrogen and oxygen atoms in total. The molecule has 1 amide bonds. The van der Waals surface area contributed by atoms with Gasteiger partial charge >= 0.3 is 6.61 Å². The number of para-hydroxylation sites is 1. The Kier molecular flexibility index (Phi) is 6.44. The smallest absolute Gasteiger partial charge is 0.387 e. The summed E-state index contributed by atoms with van der Waals surface area (Å²) < 4.78 is 29.6. The number of aryl methyl sites for hydroxylation is 2. The number of amides is 1.